The molecule has 0 N–H and O–H groups in total. The predicted molar refractivity (Wildman–Crippen MR) is 75.5 cm³/mol. The summed E-state index contributed by atoms with van der Waals surface area (Å²) in [4.78, 5) is 4.97. The Labute approximate surface area is 116 Å². The standard InChI is InChI=1S/C15H15F2NS/c1-2-3-11-4-9-14(18-10-11)12-5-7-13(8-6-12)19-15(16)17/h4-10,15H,2-3H2,1H3. The average Bonchev–Trinajstić information content (AvgIpc) is 2.40. The van der Waals surface area contributed by atoms with Crippen LogP contribution in [-0.2, 0) is 6.42 Å². The number of hydrogen-bond donors (Lipinski definition) is 0. The third-order valence-electron chi connectivity index (χ3n) is 2.74. The molecule has 0 saturated carbocycles. The lowest BCUT2D eigenvalue weighted by molar-refractivity contribution is 0.252. The Kier molecular flexibility index (Phi) is 4.91. The Morgan fingerprint density at radius 2 is 1.84 bits per heavy atom. The Hall–Kier alpha value is -1.42. The first kappa shape index (κ1) is 14.0. The highest BCUT2D eigenvalue weighted by Crippen LogP contribution is 2.27. The summed E-state index contributed by atoms with van der Waals surface area (Å²) < 4.78 is 24.4. The minimum absolute atomic E-state index is 0.558. The van der Waals surface area contributed by atoms with Crippen molar-refractivity contribution >= 4 is 11.8 Å². The number of pyridine rings is 1. The highest BCUT2D eigenvalue weighted by atomic mass is 32.2. The maximum absolute atomic E-state index is 12.2. The molecule has 0 radical (unpaired) electrons. The Morgan fingerprint density at radius 3 is 2.37 bits per heavy atom. The van der Waals surface area contributed by atoms with Gasteiger partial charge in [0.2, 0.25) is 0 Å². The fourth-order valence-electron chi connectivity index (χ4n) is 1.84. The molecule has 1 nitrogen and oxygen atoms in total. The first-order valence-corrected chi connectivity index (χ1v) is 7.07. The van der Waals surface area contributed by atoms with Gasteiger partial charge in [-0.3, -0.25) is 4.98 Å². The minimum atomic E-state index is -2.38. The van der Waals surface area contributed by atoms with Crippen LogP contribution in [0.4, 0.5) is 8.78 Å². The molecule has 0 atom stereocenters. The topological polar surface area (TPSA) is 12.9 Å². The van der Waals surface area contributed by atoms with Gasteiger partial charge in [0.1, 0.15) is 0 Å². The van der Waals surface area contributed by atoms with Crippen molar-refractivity contribution in [2.24, 2.45) is 0 Å². The SMILES string of the molecule is CCCc1ccc(-c2ccc(SC(F)F)cc2)nc1. The highest BCUT2D eigenvalue weighted by molar-refractivity contribution is 7.99. The van der Waals surface area contributed by atoms with Crippen LogP contribution in [0, 0.1) is 0 Å². The number of aryl methyl sites for hydroxylation is 1. The van der Waals surface area contributed by atoms with Gasteiger partial charge in [-0.1, -0.05) is 43.3 Å². The smallest absolute Gasteiger partial charge is 0.256 e. The Balaban J connectivity index is 2.13. The van der Waals surface area contributed by atoms with Crippen molar-refractivity contribution in [2.45, 2.75) is 30.4 Å². The van der Waals surface area contributed by atoms with Crippen LogP contribution in [0.2, 0.25) is 0 Å². The van der Waals surface area contributed by atoms with Gasteiger partial charge in [0.25, 0.3) is 5.76 Å². The van der Waals surface area contributed by atoms with Crippen LogP contribution in [0.25, 0.3) is 11.3 Å². The fraction of sp³-hybridized carbons (Fsp3) is 0.267. The lowest BCUT2D eigenvalue weighted by Crippen LogP contribution is -1.88. The number of alkyl halides is 2. The van der Waals surface area contributed by atoms with Gasteiger partial charge in [0.05, 0.1) is 5.69 Å². The summed E-state index contributed by atoms with van der Waals surface area (Å²) in [5.41, 5.74) is 3.03. The second-order valence-electron chi connectivity index (χ2n) is 4.20. The van der Waals surface area contributed by atoms with Crippen LogP contribution in [0.1, 0.15) is 18.9 Å². The van der Waals surface area contributed by atoms with E-state index in [4.69, 9.17) is 0 Å². The van der Waals surface area contributed by atoms with Crippen LogP contribution in [0.3, 0.4) is 0 Å². The van der Waals surface area contributed by atoms with E-state index in [2.05, 4.69) is 18.0 Å². The molecule has 4 heteroatoms. The molecule has 0 spiro atoms. The third kappa shape index (κ3) is 4.03. The molecule has 0 aliphatic carbocycles. The lowest BCUT2D eigenvalue weighted by Gasteiger charge is -2.04. The molecular weight excluding hydrogens is 264 g/mol. The molecule has 100 valence electrons. The number of halogens is 2. The van der Waals surface area contributed by atoms with Crippen LogP contribution >= 0.6 is 11.8 Å². The molecule has 2 aromatic rings. The molecule has 0 amide bonds. The van der Waals surface area contributed by atoms with Crippen molar-refractivity contribution in [3.05, 3.63) is 48.2 Å². The first-order valence-electron chi connectivity index (χ1n) is 6.19. The second kappa shape index (κ2) is 6.66. The maximum atomic E-state index is 12.2. The largest absolute Gasteiger partial charge is 0.288 e. The van der Waals surface area contributed by atoms with Gasteiger partial charge in [0, 0.05) is 16.7 Å². The summed E-state index contributed by atoms with van der Waals surface area (Å²) in [5.74, 6) is -2.38. The van der Waals surface area contributed by atoms with Gasteiger partial charge >= 0.3 is 0 Å². The van der Waals surface area contributed by atoms with E-state index in [1.807, 2.05) is 24.4 Å². The predicted octanol–water partition coefficient (Wildman–Crippen LogP) is 5.02. The summed E-state index contributed by atoms with van der Waals surface area (Å²) in [5, 5.41) is 0. The molecule has 1 aromatic carbocycles. The molecule has 0 bridgehead atoms. The number of nitrogens with zero attached hydrogens (tertiary/aromatic N) is 1. The van der Waals surface area contributed by atoms with Gasteiger partial charge in [-0.2, -0.15) is 8.78 Å². The van der Waals surface area contributed by atoms with E-state index >= 15 is 0 Å². The van der Waals surface area contributed by atoms with Gasteiger partial charge in [-0.05, 0) is 30.2 Å². The minimum Gasteiger partial charge on any atom is -0.256 e. The third-order valence-corrected chi connectivity index (χ3v) is 3.46. The van der Waals surface area contributed by atoms with E-state index in [1.165, 1.54) is 5.56 Å². The quantitative estimate of drug-likeness (QED) is 0.713. The number of thioether (sulfide) groups is 1. The van der Waals surface area contributed by atoms with Gasteiger partial charge in [-0.25, -0.2) is 0 Å². The summed E-state index contributed by atoms with van der Waals surface area (Å²) in [6.45, 7) is 2.13. The van der Waals surface area contributed by atoms with Crippen LogP contribution in [-0.4, -0.2) is 10.7 Å². The van der Waals surface area contributed by atoms with Crippen LogP contribution < -0.4 is 0 Å². The molecule has 0 aliphatic rings. The molecule has 0 saturated heterocycles. The molecular formula is C15H15F2NS. The summed E-state index contributed by atoms with van der Waals surface area (Å²) in [6.07, 6.45) is 4.00. The van der Waals surface area contributed by atoms with E-state index in [9.17, 15) is 8.78 Å². The number of benzene rings is 1. The average molecular weight is 279 g/mol. The van der Waals surface area contributed by atoms with E-state index in [0.717, 1.165) is 24.1 Å². The van der Waals surface area contributed by atoms with Gasteiger partial charge < -0.3 is 0 Å². The summed E-state index contributed by atoms with van der Waals surface area (Å²) in [6, 6.07) is 11.1. The normalized spacial score (nSPS) is 10.9. The fourth-order valence-corrected chi connectivity index (χ4v) is 2.34. The van der Waals surface area contributed by atoms with E-state index in [0.29, 0.717) is 16.7 Å². The van der Waals surface area contributed by atoms with Gasteiger partial charge in [0.15, 0.2) is 0 Å². The van der Waals surface area contributed by atoms with E-state index < -0.39 is 5.76 Å². The first-order chi connectivity index (χ1) is 9.19. The van der Waals surface area contributed by atoms with Crippen molar-refractivity contribution in [1.82, 2.24) is 4.98 Å². The molecule has 0 unspecified atom stereocenters. The molecule has 1 aromatic heterocycles. The zero-order valence-electron chi connectivity index (χ0n) is 10.6. The number of aromatic nitrogens is 1. The Morgan fingerprint density at radius 1 is 1.11 bits per heavy atom. The monoisotopic (exact) mass is 279 g/mol. The van der Waals surface area contributed by atoms with E-state index in [-0.39, 0.29) is 0 Å². The Bertz CT molecular complexity index is 509. The zero-order chi connectivity index (χ0) is 13.7. The molecule has 19 heavy (non-hydrogen) atoms. The van der Waals surface area contributed by atoms with Crippen molar-refractivity contribution in [3.8, 4) is 11.3 Å². The van der Waals surface area contributed by atoms with Crippen molar-refractivity contribution in [3.63, 3.8) is 0 Å². The van der Waals surface area contributed by atoms with Crippen molar-refractivity contribution in [2.75, 3.05) is 0 Å². The second-order valence-corrected chi connectivity index (χ2v) is 5.27. The zero-order valence-corrected chi connectivity index (χ0v) is 11.5. The lowest BCUT2D eigenvalue weighted by atomic mass is 10.1. The van der Waals surface area contributed by atoms with Crippen molar-refractivity contribution in [1.29, 1.82) is 0 Å². The van der Waals surface area contributed by atoms with E-state index in [1.54, 1.807) is 12.1 Å². The van der Waals surface area contributed by atoms with Crippen LogP contribution in [0.5, 0.6) is 0 Å². The maximum Gasteiger partial charge on any atom is 0.288 e. The number of hydrogen-bond acceptors (Lipinski definition) is 2. The van der Waals surface area contributed by atoms with Crippen molar-refractivity contribution < 1.29 is 8.78 Å². The highest BCUT2D eigenvalue weighted by Gasteiger charge is 2.05. The number of rotatable bonds is 5. The molecule has 2 rings (SSSR count). The van der Waals surface area contributed by atoms with Gasteiger partial charge in [-0.15, -0.1) is 0 Å². The van der Waals surface area contributed by atoms with Crippen LogP contribution in [0.15, 0.2) is 47.5 Å². The molecule has 0 fully saturated rings. The molecule has 0 aliphatic heterocycles. The summed E-state index contributed by atoms with van der Waals surface area (Å²) >= 11 is 0.558. The summed E-state index contributed by atoms with van der Waals surface area (Å²) in [7, 11) is 0. The molecule has 1 heterocycles.